The molecule has 40 heavy (non-hydrogen) atoms. The molecule has 2 fully saturated rings. The Balaban J connectivity index is 1.17. The summed E-state index contributed by atoms with van der Waals surface area (Å²) in [5.74, 6) is 1.26. The van der Waals surface area contributed by atoms with Crippen LogP contribution in [0.5, 0.6) is 0 Å². The lowest BCUT2D eigenvalue weighted by Crippen LogP contribution is -2.29. The van der Waals surface area contributed by atoms with Gasteiger partial charge in [0.25, 0.3) is 0 Å². The SMILES string of the molecule is O=C(CC1CCCCC1)Nc1cncc(-c2ccc3[nH]nc(-c4nc5c(N6CCCCC6)ccnc5[nH]4)c3c2)c1. The van der Waals surface area contributed by atoms with Crippen molar-refractivity contribution in [3.05, 3.63) is 48.9 Å². The topological polar surface area (TPSA) is 115 Å². The number of carbonyl (C=O) groups is 1. The molecule has 0 spiro atoms. The number of rotatable bonds is 6. The average molecular weight is 535 g/mol. The van der Waals surface area contributed by atoms with Crippen molar-refractivity contribution in [3.63, 3.8) is 0 Å². The van der Waals surface area contributed by atoms with E-state index in [9.17, 15) is 4.79 Å². The Labute approximate surface area is 232 Å². The number of anilines is 2. The van der Waals surface area contributed by atoms with E-state index < -0.39 is 0 Å². The van der Waals surface area contributed by atoms with E-state index in [4.69, 9.17) is 4.98 Å². The maximum atomic E-state index is 12.7. The van der Waals surface area contributed by atoms with Crippen molar-refractivity contribution in [2.75, 3.05) is 23.3 Å². The van der Waals surface area contributed by atoms with Gasteiger partial charge < -0.3 is 15.2 Å². The highest BCUT2D eigenvalue weighted by Gasteiger charge is 2.20. The lowest BCUT2D eigenvalue weighted by Gasteiger charge is -2.28. The van der Waals surface area contributed by atoms with E-state index in [-0.39, 0.29) is 5.91 Å². The molecule has 1 aliphatic carbocycles. The van der Waals surface area contributed by atoms with Crippen LogP contribution in [0.1, 0.15) is 57.8 Å². The lowest BCUT2D eigenvalue weighted by atomic mass is 9.87. The second-order valence-corrected chi connectivity index (χ2v) is 11.2. The van der Waals surface area contributed by atoms with Crippen molar-refractivity contribution in [1.82, 2.24) is 30.1 Å². The number of imidazole rings is 1. The van der Waals surface area contributed by atoms with Crippen molar-refractivity contribution in [1.29, 1.82) is 0 Å². The van der Waals surface area contributed by atoms with Crippen LogP contribution >= 0.6 is 0 Å². The Morgan fingerprint density at radius 1 is 0.975 bits per heavy atom. The minimum absolute atomic E-state index is 0.0702. The largest absolute Gasteiger partial charge is 0.370 e. The number of aromatic nitrogens is 6. The van der Waals surface area contributed by atoms with Gasteiger partial charge in [-0.05, 0) is 67.9 Å². The molecule has 1 saturated carbocycles. The number of aromatic amines is 2. The third kappa shape index (κ3) is 4.92. The van der Waals surface area contributed by atoms with E-state index >= 15 is 0 Å². The summed E-state index contributed by atoms with van der Waals surface area (Å²) in [4.78, 5) is 32.5. The summed E-state index contributed by atoms with van der Waals surface area (Å²) in [6, 6.07) is 10.2. The van der Waals surface area contributed by atoms with Crippen molar-refractivity contribution < 1.29 is 4.79 Å². The number of carbonyl (C=O) groups excluding carboxylic acids is 1. The number of nitrogens with zero attached hydrogens (tertiary/aromatic N) is 5. The second-order valence-electron chi connectivity index (χ2n) is 11.2. The van der Waals surface area contributed by atoms with Crippen LogP contribution in [0.4, 0.5) is 11.4 Å². The lowest BCUT2D eigenvalue weighted by molar-refractivity contribution is -0.117. The molecule has 1 aromatic carbocycles. The van der Waals surface area contributed by atoms with Crippen molar-refractivity contribution in [2.24, 2.45) is 5.92 Å². The van der Waals surface area contributed by atoms with E-state index in [1.807, 2.05) is 30.6 Å². The summed E-state index contributed by atoms with van der Waals surface area (Å²) in [6.07, 6.45) is 15.7. The van der Waals surface area contributed by atoms with Crippen LogP contribution < -0.4 is 10.2 Å². The Hall–Kier alpha value is -4.27. The zero-order chi connectivity index (χ0) is 26.9. The monoisotopic (exact) mass is 534 g/mol. The van der Waals surface area contributed by atoms with Gasteiger partial charge in [0.05, 0.1) is 23.1 Å². The van der Waals surface area contributed by atoms with Gasteiger partial charge in [-0.2, -0.15) is 5.10 Å². The zero-order valence-electron chi connectivity index (χ0n) is 22.6. The standard InChI is InChI=1S/C31H34N8O/c40-27(15-20-7-3-1-4-8-20)34-23-16-22(18-32-19-23)21-9-10-25-24(17-21)28(38-37-25)31-35-29-26(11-12-33-30(29)36-31)39-13-5-2-6-14-39/h9-12,16-20H,1-8,13-15H2,(H,34,40)(H,37,38)(H,33,35,36). The fourth-order valence-corrected chi connectivity index (χ4v) is 6.31. The van der Waals surface area contributed by atoms with Crippen LogP contribution in [0, 0.1) is 5.92 Å². The third-order valence-corrected chi connectivity index (χ3v) is 8.40. The highest BCUT2D eigenvalue weighted by atomic mass is 16.1. The zero-order valence-corrected chi connectivity index (χ0v) is 22.6. The highest BCUT2D eigenvalue weighted by molar-refractivity contribution is 5.97. The fourth-order valence-electron chi connectivity index (χ4n) is 6.31. The molecular weight excluding hydrogens is 500 g/mol. The molecule has 9 nitrogen and oxygen atoms in total. The van der Waals surface area contributed by atoms with E-state index in [1.165, 1.54) is 38.5 Å². The number of pyridine rings is 2. The molecule has 5 aromatic rings. The van der Waals surface area contributed by atoms with Crippen LogP contribution in [0.15, 0.2) is 48.9 Å². The molecule has 5 heterocycles. The molecule has 0 unspecified atom stereocenters. The summed E-state index contributed by atoms with van der Waals surface area (Å²) in [5.41, 5.74) is 7.11. The van der Waals surface area contributed by atoms with Gasteiger partial charge in [0.1, 0.15) is 11.2 Å². The van der Waals surface area contributed by atoms with Crippen LogP contribution in [0.25, 0.3) is 44.7 Å². The first kappa shape index (κ1) is 24.7. The van der Waals surface area contributed by atoms with Crippen molar-refractivity contribution in [2.45, 2.75) is 57.8 Å². The molecule has 0 bridgehead atoms. The highest BCUT2D eigenvalue weighted by Crippen LogP contribution is 2.33. The van der Waals surface area contributed by atoms with Gasteiger partial charge in [-0.15, -0.1) is 0 Å². The Bertz CT molecular complexity index is 1660. The van der Waals surface area contributed by atoms with Crippen LogP contribution in [-0.2, 0) is 4.79 Å². The number of benzene rings is 1. The minimum Gasteiger partial charge on any atom is -0.370 e. The van der Waals surface area contributed by atoms with Gasteiger partial charge in [0.15, 0.2) is 11.5 Å². The minimum atomic E-state index is 0.0702. The summed E-state index contributed by atoms with van der Waals surface area (Å²) in [6.45, 7) is 2.09. The first-order valence-electron chi connectivity index (χ1n) is 14.5. The first-order chi connectivity index (χ1) is 19.7. The molecule has 0 atom stereocenters. The van der Waals surface area contributed by atoms with Crippen molar-refractivity contribution >= 4 is 39.3 Å². The maximum Gasteiger partial charge on any atom is 0.224 e. The predicted octanol–water partition coefficient (Wildman–Crippen LogP) is 6.46. The molecule has 1 saturated heterocycles. The van der Waals surface area contributed by atoms with Gasteiger partial charge in [-0.3, -0.25) is 14.9 Å². The normalized spacial score (nSPS) is 16.6. The van der Waals surface area contributed by atoms with Crippen LogP contribution in [-0.4, -0.2) is 49.1 Å². The number of fused-ring (bicyclic) bond motifs is 2. The third-order valence-electron chi connectivity index (χ3n) is 8.40. The second kappa shape index (κ2) is 10.7. The molecule has 7 rings (SSSR count). The van der Waals surface area contributed by atoms with Crippen LogP contribution in [0.2, 0.25) is 0 Å². The molecule has 2 aliphatic rings. The number of piperidine rings is 1. The van der Waals surface area contributed by atoms with E-state index in [1.54, 1.807) is 6.20 Å². The van der Waals surface area contributed by atoms with E-state index in [0.717, 1.165) is 76.2 Å². The summed E-state index contributed by atoms with van der Waals surface area (Å²) in [7, 11) is 0. The molecule has 0 radical (unpaired) electrons. The molecule has 1 amide bonds. The Morgan fingerprint density at radius 3 is 2.70 bits per heavy atom. The number of hydrogen-bond donors (Lipinski definition) is 3. The summed E-state index contributed by atoms with van der Waals surface area (Å²) in [5, 5.41) is 11.8. The van der Waals surface area contributed by atoms with Crippen molar-refractivity contribution in [3.8, 4) is 22.6 Å². The van der Waals surface area contributed by atoms with E-state index in [2.05, 4.69) is 47.5 Å². The smallest absolute Gasteiger partial charge is 0.224 e. The first-order valence-corrected chi connectivity index (χ1v) is 14.5. The predicted molar refractivity (Wildman–Crippen MR) is 158 cm³/mol. The molecule has 204 valence electrons. The quantitative estimate of drug-likeness (QED) is 0.230. The summed E-state index contributed by atoms with van der Waals surface area (Å²) >= 11 is 0. The fraction of sp³-hybridized carbons (Fsp3) is 0.387. The van der Waals surface area contributed by atoms with E-state index in [0.29, 0.717) is 18.2 Å². The molecule has 4 aromatic heterocycles. The number of hydrogen-bond acceptors (Lipinski definition) is 6. The molecule has 3 N–H and O–H groups in total. The number of H-pyrrole nitrogens is 2. The van der Waals surface area contributed by atoms with Gasteiger partial charge in [-0.1, -0.05) is 25.3 Å². The molecule has 1 aliphatic heterocycles. The summed E-state index contributed by atoms with van der Waals surface area (Å²) < 4.78 is 0. The number of nitrogens with one attached hydrogen (secondary N) is 3. The Morgan fingerprint density at radius 2 is 1.82 bits per heavy atom. The average Bonchev–Trinajstić information content (AvgIpc) is 3.62. The Kier molecular flexibility index (Phi) is 6.63. The maximum absolute atomic E-state index is 12.7. The number of amides is 1. The van der Waals surface area contributed by atoms with Gasteiger partial charge >= 0.3 is 0 Å². The molecule has 9 heteroatoms. The van der Waals surface area contributed by atoms with Gasteiger partial charge in [-0.25, -0.2) is 9.97 Å². The molecular formula is C31H34N8O. The van der Waals surface area contributed by atoms with Gasteiger partial charge in [0.2, 0.25) is 5.91 Å². The van der Waals surface area contributed by atoms with Gasteiger partial charge in [0, 0.05) is 42.9 Å². The van der Waals surface area contributed by atoms with Crippen LogP contribution in [0.3, 0.4) is 0 Å².